The molecule has 0 fully saturated rings. The highest BCUT2D eigenvalue weighted by molar-refractivity contribution is 6.83. The second-order valence-electron chi connectivity index (χ2n) is 5.25. The van der Waals surface area contributed by atoms with Crippen molar-refractivity contribution in [1.29, 1.82) is 0 Å². The zero-order valence-electron chi connectivity index (χ0n) is 11.7. The fraction of sp³-hybridized carbons (Fsp3) is 0.357. The van der Waals surface area contributed by atoms with E-state index in [1.165, 1.54) is 12.1 Å². The number of benzene rings is 1. The molecule has 0 N–H and O–H groups in total. The van der Waals surface area contributed by atoms with Gasteiger partial charge in [0, 0.05) is 5.56 Å². The molecule has 0 atom stereocenters. The predicted octanol–water partition coefficient (Wildman–Crippen LogP) is 3.72. The average Bonchev–Trinajstić information content (AvgIpc) is 2.33. The van der Waals surface area contributed by atoms with Crippen LogP contribution in [0.15, 0.2) is 18.2 Å². The highest BCUT2D eigenvalue weighted by atomic mass is 28.3. The second-order valence-corrected chi connectivity index (χ2v) is 10.00. The van der Waals surface area contributed by atoms with E-state index in [4.69, 9.17) is 0 Å². The van der Waals surface area contributed by atoms with Crippen molar-refractivity contribution >= 4 is 14.0 Å². The minimum absolute atomic E-state index is 0.118. The van der Waals surface area contributed by atoms with Crippen LogP contribution in [0.3, 0.4) is 0 Å². The van der Waals surface area contributed by atoms with E-state index < -0.39 is 25.8 Å². The van der Waals surface area contributed by atoms with Gasteiger partial charge in [0.15, 0.2) is 0 Å². The highest BCUT2D eigenvalue weighted by Gasteiger charge is 2.34. The molecule has 0 unspecified atom stereocenters. The minimum Gasteiger partial charge on any atom is -0.465 e. The van der Waals surface area contributed by atoms with Gasteiger partial charge in [0.1, 0.15) is 8.07 Å². The number of hydrogen-bond donors (Lipinski definition) is 0. The first-order valence-corrected chi connectivity index (χ1v) is 9.37. The lowest BCUT2D eigenvalue weighted by atomic mass is 10.0. The fourth-order valence-electron chi connectivity index (χ4n) is 1.39. The standard InChI is InChI=1S/C14H15F3O2Si/c1-19-13(18)11-6-5-10(7-8-20(2,3)4)12(9-11)14(15,16)17/h5-6,9H,1-4H3. The van der Waals surface area contributed by atoms with E-state index in [0.29, 0.717) is 0 Å². The summed E-state index contributed by atoms with van der Waals surface area (Å²) >= 11 is 0. The normalized spacial score (nSPS) is 11.6. The summed E-state index contributed by atoms with van der Waals surface area (Å²) in [5.41, 5.74) is 1.72. The third-order valence-corrected chi connectivity index (χ3v) is 3.19. The number of alkyl halides is 3. The smallest absolute Gasteiger partial charge is 0.417 e. The monoisotopic (exact) mass is 300 g/mol. The molecule has 0 saturated carbocycles. The largest absolute Gasteiger partial charge is 0.465 e. The van der Waals surface area contributed by atoms with Crippen molar-refractivity contribution in [2.24, 2.45) is 0 Å². The molecule has 0 aliphatic rings. The Morgan fingerprint density at radius 3 is 2.30 bits per heavy atom. The molecule has 108 valence electrons. The van der Waals surface area contributed by atoms with Crippen molar-refractivity contribution in [3.63, 3.8) is 0 Å². The highest BCUT2D eigenvalue weighted by Crippen LogP contribution is 2.32. The number of carbonyl (C=O) groups excluding carboxylic acids is 1. The number of hydrogen-bond acceptors (Lipinski definition) is 2. The van der Waals surface area contributed by atoms with E-state index in [1.807, 2.05) is 19.6 Å². The summed E-state index contributed by atoms with van der Waals surface area (Å²) < 4.78 is 43.4. The Kier molecular flexibility index (Phi) is 4.66. The van der Waals surface area contributed by atoms with Gasteiger partial charge in [-0.3, -0.25) is 0 Å². The molecule has 0 bridgehead atoms. The first-order chi connectivity index (χ1) is 9.04. The van der Waals surface area contributed by atoms with Crippen LogP contribution in [0.1, 0.15) is 21.5 Å². The molecule has 0 radical (unpaired) electrons. The van der Waals surface area contributed by atoms with E-state index in [1.54, 1.807) is 0 Å². The summed E-state index contributed by atoms with van der Waals surface area (Å²) in [5.74, 6) is 1.78. The van der Waals surface area contributed by atoms with E-state index in [0.717, 1.165) is 13.2 Å². The lowest BCUT2D eigenvalue weighted by Gasteiger charge is -2.11. The third kappa shape index (κ3) is 4.42. The Bertz CT molecular complexity index is 575. The predicted molar refractivity (Wildman–Crippen MR) is 73.0 cm³/mol. The van der Waals surface area contributed by atoms with Gasteiger partial charge in [0.2, 0.25) is 0 Å². The molecule has 6 heteroatoms. The Morgan fingerprint density at radius 1 is 1.25 bits per heavy atom. The second kappa shape index (κ2) is 5.71. The summed E-state index contributed by atoms with van der Waals surface area (Å²) in [4.78, 5) is 11.3. The summed E-state index contributed by atoms with van der Waals surface area (Å²) in [6.45, 7) is 5.82. The van der Waals surface area contributed by atoms with Crippen LogP contribution in [0.25, 0.3) is 0 Å². The molecule has 1 aromatic rings. The number of carbonyl (C=O) groups is 1. The first kappa shape index (κ1) is 16.3. The fourth-order valence-corrected chi connectivity index (χ4v) is 1.90. The molecule has 0 saturated heterocycles. The Morgan fingerprint density at radius 2 is 1.85 bits per heavy atom. The van der Waals surface area contributed by atoms with Crippen molar-refractivity contribution in [2.75, 3.05) is 7.11 Å². The zero-order chi connectivity index (χ0) is 15.6. The van der Waals surface area contributed by atoms with Gasteiger partial charge in [-0.05, 0) is 18.2 Å². The molecule has 2 nitrogen and oxygen atoms in total. The van der Waals surface area contributed by atoms with Crippen LogP contribution in [0.4, 0.5) is 13.2 Å². The SMILES string of the molecule is COC(=O)c1ccc(C#C[Si](C)(C)C)c(C(F)(F)F)c1. The Hall–Kier alpha value is -1.74. The van der Waals surface area contributed by atoms with E-state index in [9.17, 15) is 18.0 Å². The molecule has 0 heterocycles. The van der Waals surface area contributed by atoms with Crippen LogP contribution >= 0.6 is 0 Å². The topological polar surface area (TPSA) is 26.3 Å². The lowest BCUT2D eigenvalue weighted by molar-refractivity contribution is -0.137. The molecule has 20 heavy (non-hydrogen) atoms. The van der Waals surface area contributed by atoms with Crippen LogP contribution in [0.2, 0.25) is 19.6 Å². The Balaban J connectivity index is 3.38. The van der Waals surface area contributed by atoms with Crippen molar-refractivity contribution in [2.45, 2.75) is 25.8 Å². The van der Waals surface area contributed by atoms with Gasteiger partial charge in [0.05, 0.1) is 18.2 Å². The lowest BCUT2D eigenvalue weighted by Crippen LogP contribution is -2.17. The van der Waals surface area contributed by atoms with E-state index >= 15 is 0 Å². The van der Waals surface area contributed by atoms with Crippen LogP contribution in [-0.4, -0.2) is 21.2 Å². The van der Waals surface area contributed by atoms with Gasteiger partial charge in [-0.15, -0.1) is 5.54 Å². The van der Waals surface area contributed by atoms with Gasteiger partial charge >= 0.3 is 12.1 Å². The van der Waals surface area contributed by atoms with Crippen LogP contribution in [-0.2, 0) is 10.9 Å². The molecule has 0 aliphatic carbocycles. The van der Waals surface area contributed by atoms with Crippen molar-refractivity contribution in [1.82, 2.24) is 0 Å². The van der Waals surface area contributed by atoms with Gasteiger partial charge in [-0.1, -0.05) is 25.6 Å². The van der Waals surface area contributed by atoms with E-state index in [2.05, 4.69) is 16.2 Å². The van der Waals surface area contributed by atoms with Gasteiger partial charge < -0.3 is 4.74 Å². The number of rotatable bonds is 1. The number of methoxy groups -OCH3 is 1. The molecule has 1 aromatic carbocycles. The number of ether oxygens (including phenoxy) is 1. The molecule has 1 rings (SSSR count). The van der Waals surface area contributed by atoms with Gasteiger partial charge in [0.25, 0.3) is 0 Å². The molecule has 0 aliphatic heterocycles. The van der Waals surface area contributed by atoms with Crippen molar-refractivity contribution in [3.8, 4) is 11.5 Å². The summed E-state index contributed by atoms with van der Waals surface area (Å²) in [6.07, 6.45) is -4.56. The number of halogens is 3. The Labute approximate surface area is 117 Å². The quantitative estimate of drug-likeness (QED) is 0.449. The minimum atomic E-state index is -4.56. The molecule has 0 aromatic heterocycles. The molecular formula is C14H15F3O2Si. The maximum atomic E-state index is 13.0. The molecular weight excluding hydrogens is 285 g/mol. The average molecular weight is 300 g/mol. The summed E-state index contributed by atoms with van der Waals surface area (Å²) in [6, 6.07) is 3.28. The van der Waals surface area contributed by atoms with Crippen LogP contribution < -0.4 is 0 Å². The van der Waals surface area contributed by atoms with Crippen LogP contribution in [0.5, 0.6) is 0 Å². The zero-order valence-corrected chi connectivity index (χ0v) is 12.7. The van der Waals surface area contributed by atoms with Gasteiger partial charge in [-0.25, -0.2) is 4.79 Å². The first-order valence-electron chi connectivity index (χ1n) is 5.87. The summed E-state index contributed by atoms with van der Waals surface area (Å²) in [7, 11) is -0.665. The maximum Gasteiger partial charge on any atom is 0.417 e. The van der Waals surface area contributed by atoms with Crippen LogP contribution in [0, 0.1) is 11.5 Å². The van der Waals surface area contributed by atoms with Crippen molar-refractivity contribution < 1.29 is 22.7 Å². The number of esters is 1. The maximum absolute atomic E-state index is 13.0. The van der Waals surface area contributed by atoms with E-state index in [-0.39, 0.29) is 11.1 Å². The molecule has 0 spiro atoms. The van der Waals surface area contributed by atoms with Gasteiger partial charge in [-0.2, -0.15) is 13.2 Å². The summed E-state index contributed by atoms with van der Waals surface area (Å²) in [5, 5.41) is 0. The molecule has 0 amide bonds. The van der Waals surface area contributed by atoms with Crippen molar-refractivity contribution in [3.05, 3.63) is 34.9 Å². The third-order valence-electron chi connectivity index (χ3n) is 2.32.